The summed E-state index contributed by atoms with van der Waals surface area (Å²) in [5.41, 5.74) is 1.40. The van der Waals surface area contributed by atoms with Crippen LogP contribution in [-0.2, 0) is 9.59 Å². The summed E-state index contributed by atoms with van der Waals surface area (Å²) in [6.45, 7) is 1.44. The molecular weight excluding hydrogens is 354 g/mol. The highest BCUT2D eigenvalue weighted by Crippen LogP contribution is 2.24. The second-order valence-electron chi connectivity index (χ2n) is 5.18. The van der Waals surface area contributed by atoms with Gasteiger partial charge in [-0.15, -0.1) is 10.2 Å². The quantitative estimate of drug-likeness (QED) is 0.643. The monoisotopic (exact) mass is 369 g/mol. The van der Waals surface area contributed by atoms with Gasteiger partial charge in [-0.3, -0.25) is 9.59 Å². The molecule has 0 spiro atoms. The zero-order valence-electron chi connectivity index (χ0n) is 13.8. The van der Waals surface area contributed by atoms with Crippen LogP contribution in [0, 0.1) is 0 Å². The van der Waals surface area contributed by atoms with Crippen molar-refractivity contribution < 1.29 is 14.0 Å². The van der Waals surface area contributed by atoms with Crippen LogP contribution in [0.25, 0.3) is 11.5 Å². The predicted octanol–water partition coefficient (Wildman–Crippen LogP) is 2.82. The van der Waals surface area contributed by atoms with Crippen molar-refractivity contribution in [2.75, 3.05) is 16.4 Å². The summed E-state index contributed by atoms with van der Waals surface area (Å²) in [6, 6.07) is 12.3. The summed E-state index contributed by atoms with van der Waals surface area (Å²) >= 11 is 1.14. The minimum Gasteiger partial charge on any atom is -0.411 e. The highest BCUT2D eigenvalue weighted by molar-refractivity contribution is 7.99. The van der Waals surface area contributed by atoms with E-state index >= 15 is 0 Å². The highest BCUT2D eigenvalue weighted by atomic mass is 32.2. The van der Waals surface area contributed by atoms with Crippen molar-refractivity contribution in [1.29, 1.82) is 0 Å². The topological polar surface area (TPSA) is 110 Å². The van der Waals surface area contributed by atoms with Crippen LogP contribution >= 0.6 is 11.8 Å². The largest absolute Gasteiger partial charge is 0.411 e. The summed E-state index contributed by atoms with van der Waals surface area (Å²) in [5.74, 6) is 0.599. The lowest BCUT2D eigenvalue weighted by atomic mass is 10.2. The number of thioether (sulfide) groups is 1. The number of anilines is 2. The van der Waals surface area contributed by atoms with Crippen molar-refractivity contribution in [3.8, 4) is 11.5 Å². The Labute approximate surface area is 153 Å². The first-order valence-corrected chi connectivity index (χ1v) is 8.64. The Hall–Kier alpha value is -3.20. The zero-order valence-corrected chi connectivity index (χ0v) is 14.6. The molecule has 0 unspecified atom stereocenters. The molecule has 0 aliphatic rings. The molecule has 0 saturated heterocycles. The van der Waals surface area contributed by atoms with Gasteiger partial charge in [0.25, 0.3) is 5.22 Å². The number of carbonyl (C=O) groups excluding carboxylic acids is 2. The lowest BCUT2D eigenvalue weighted by Crippen LogP contribution is -2.14. The third-order valence-corrected chi connectivity index (χ3v) is 3.94. The van der Waals surface area contributed by atoms with E-state index in [0.717, 1.165) is 17.3 Å². The van der Waals surface area contributed by atoms with Gasteiger partial charge in [0.1, 0.15) is 5.82 Å². The van der Waals surface area contributed by atoms with E-state index in [1.54, 1.807) is 48.7 Å². The fraction of sp³-hybridized carbons (Fsp3) is 0.118. The van der Waals surface area contributed by atoms with Gasteiger partial charge in [0.2, 0.25) is 17.7 Å². The van der Waals surface area contributed by atoms with Crippen LogP contribution in [0.15, 0.2) is 58.3 Å². The number of hydrogen-bond donors (Lipinski definition) is 2. The molecule has 0 bridgehead atoms. The maximum absolute atomic E-state index is 11.9. The van der Waals surface area contributed by atoms with Gasteiger partial charge in [0.15, 0.2) is 0 Å². The second kappa shape index (κ2) is 8.26. The fourth-order valence-corrected chi connectivity index (χ4v) is 2.59. The summed E-state index contributed by atoms with van der Waals surface area (Å²) in [5, 5.41) is 13.5. The first kappa shape index (κ1) is 17.6. The number of carbonyl (C=O) groups is 2. The standard InChI is InChI=1S/C17H15N5O3S/c1-11(23)19-13-7-5-12(6-8-13)16-21-22-17(25-16)26-10-15(24)20-14-4-2-3-9-18-14/h2-9H,10H2,1H3,(H,19,23)(H,18,20,24). The number of pyridine rings is 1. The summed E-state index contributed by atoms with van der Waals surface area (Å²) in [7, 11) is 0. The molecular formula is C17H15N5O3S. The fourth-order valence-electron chi connectivity index (χ4n) is 2.03. The number of aromatic nitrogens is 3. The van der Waals surface area contributed by atoms with Crippen LogP contribution in [0.1, 0.15) is 6.92 Å². The number of hydrogen-bond acceptors (Lipinski definition) is 7. The van der Waals surface area contributed by atoms with E-state index in [1.807, 2.05) is 0 Å². The van der Waals surface area contributed by atoms with Crippen molar-refractivity contribution in [2.24, 2.45) is 0 Å². The van der Waals surface area contributed by atoms with Crippen LogP contribution < -0.4 is 10.6 Å². The molecule has 2 N–H and O–H groups in total. The van der Waals surface area contributed by atoms with Crippen molar-refractivity contribution in [3.05, 3.63) is 48.7 Å². The summed E-state index contributed by atoms with van der Waals surface area (Å²) < 4.78 is 5.55. The average molecular weight is 369 g/mol. The smallest absolute Gasteiger partial charge is 0.277 e. The lowest BCUT2D eigenvalue weighted by molar-refractivity contribution is -0.114. The number of benzene rings is 1. The van der Waals surface area contributed by atoms with Crippen molar-refractivity contribution in [3.63, 3.8) is 0 Å². The Kier molecular flexibility index (Phi) is 5.59. The van der Waals surface area contributed by atoms with Gasteiger partial charge in [0, 0.05) is 24.4 Å². The Morgan fingerprint density at radius 3 is 2.58 bits per heavy atom. The molecule has 26 heavy (non-hydrogen) atoms. The van der Waals surface area contributed by atoms with E-state index in [0.29, 0.717) is 22.6 Å². The van der Waals surface area contributed by atoms with Crippen LogP contribution in [0.4, 0.5) is 11.5 Å². The predicted molar refractivity (Wildman–Crippen MR) is 97.6 cm³/mol. The van der Waals surface area contributed by atoms with E-state index in [1.165, 1.54) is 6.92 Å². The van der Waals surface area contributed by atoms with Crippen molar-refractivity contribution >= 4 is 35.1 Å². The van der Waals surface area contributed by atoms with E-state index in [4.69, 9.17) is 4.42 Å². The molecule has 0 radical (unpaired) electrons. The van der Waals surface area contributed by atoms with Crippen molar-refractivity contribution in [1.82, 2.24) is 15.2 Å². The first-order valence-electron chi connectivity index (χ1n) is 7.65. The Balaban J connectivity index is 1.56. The minimum absolute atomic E-state index is 0.125. The Bertz CT molecular complexity index is 896. The van der Waals surface area contributed by atoms with Gasteiger partial charge in [-0.2, -0.15) is 0 Å². The number of amides is 2. The van der Waals surface area contributed by atoms with Crippen LogP contribution in [-0.4, -0.2) is 32.7 Å². The molecule has 132 valence electrons. The third kappa shape index (κ3) is 4.90. The summed E-state index contributed by atoms with van der Waals surface area (Å²) in [4.78, 5) is 26.9. The van der Waals surface area contributed by atoms with Crippen LogP contribution in [0.2, 0.25) is 0 Å². The molecule has 9 heteroatoms. The molecule has 2 amide bonds. The first-order chi connectivity index (χ1) is 12.6. The molecule has 0 fully saturated rings. The maximum atomic E-state index is 11.9. The normalized spacial score (nSPS) is 10.3. The molecule has 2 aromatic heterocycles. The molecule has 1 aromatic carbocycles. The van der Waals surface area contributed by atoms with Gasteiger partial charge < -0.3 is 15.1 Å². The second-order valence-corrected chi connectivity index (χ2v) is 6.11. The van der Waals surface area contributed by atoms with Gasteiger partial charge in [-0.05, 0) is 36.4 Å². The summed E-state index contributed by atoms with van der Waals surface area (Å²) in [6.07, 6.45) is 1.60. The van der Waals surface area contributed by atoms with Gasteiger partial charge >= 0.3 is 0 Å². The number of nitrogens with zero attached hydrogens (tertiary/aromatic N) is 3. The number of nitrogens with one attached hydrogen (secondary N) is 2. The lowest BCUT2D eigenvalue weighted by Gasteiger charge is -2.02. The molecule has 0 aliphatic heterocycles. The number of rotatable bonds is 6. The van der Waals surface area contributed by atoms with E-state index in [-0.39, 0.29) is 17.6 Å². The molecule has 0 saturated carbocycles. The average Bonchev–Trinajstić information content (AvgIpc) is 3.10. The molecule has 3 aromatic rings. The molecule has 0 aliphatic carbocycles. The van der Waals surface area contributed by atoms with Gasteiger partial charge in [-0.25, -0.2) is 4.98 Å². The van der Waals surface area contributed by atoms with Gasteiger partial charge in [-0.1, -0.05) is 17.8 Å². The van der Waals surface area contributed by atoms with Crippen LogP contribution in [0.3, 0.4) is 0 Å². The highest BCUT2D eigenvalue weighted by Gasteiger charge is 2.12. The Morgan fingerprint density at radius 2 is 1.88 bits per heavy atom. The third-order valence-electron chi connectivity index (χ3n) is 3.12. The Morgan fingerprint density at radius 1 is 1.08 bits per heavy atom. The van der Waals surface area contributed by atoms with Crippen molar-refractivity contribution in [2.45, 2.75) is 12.1 Å². The SMILES string of the molecule is CC(=O)Nc1ccc(-c2nnc(SCC(=O)Nc3ccccn3)o2)cc1. The molecule has 8 nitrogen and oxygen atoms in total. The zero-order chi connectivity index (χ0) is 18.4. The van der Waals surface area contributed by atoms with Gasteiger partial charge in [0.05, 0.1) is 5.75 Å². The molecule has 0 atom stereocenters. The van der Waals surface area contributed by atoms with E-state index in [9.17, 15) is 9.59 Å². The van der Waals surface area contributed by atoms with E-state index in [2.05, 4.69) is 25.8 Å². The maximum Gasteiger partial charge on any atom is 0.277 e. The van der Waals surface area contributed by atoms with E-state index < -0.39 is 0 Å². The minimum atomic E-state index is -0.215. The molecule has 3 rings (SSSR count). The van der Waals surface area contributed by atoms with Crippen LogP contribution in [0.5, 0.6) is 0 Å². The molecule has 2 heterocycles.